The summed E-state index contributed by atoms with van der Waals surface area (Å²) in [5.41, 5.74) is 0. The van der Waals surface area contributed by atoms with Crippen LogP contribution in [0.4, 0.5) is 0 Å². The lowest BCUT2D eigenvalue weighted by atomic mass is 10.2. The third-order valence-electron chi connectivity index (χ3n) is 2.08. The highest BCUT2D eigenvalue weighted by atomic mass is 79.9. The standard InChI is InChI=1S/C10H11Br2NO3S2/c1-17-3-2-6(10(15)16)13-9(14)7-4-5(11)8(12)18-7/h4,6H,2-3H2,1H3,(H,13,14)(H,15,16). The maximum absolute atomic E-state index is 11.9. The van der Waals surface area contributed by atoms with Crippen LogP contribution < -0.4 is 5.32 Å². The zero-order chi connectivity index (χ0) is 13.7. The number of hydrogen-bond donors (Lipinski definition) is 2. The molecule has 2 N–H and O–H groups in total. The van der Waals surface area contributed by atoms with Crippen LogP contribution in [0.5, 0.6) is 0 Å². The molecule has 100 valence electrons. The SMILES string of the molecule is CSCCC(NC(=O)c1cc(Br)c(Br)s1)C(=O)O. The first-order chi connectivity index (χ1) is 8.45. The van der Waals surface area contributed by atoms with Crippen molar-refractivity contribution in [2.45, 2.75) is 12.5 Å². The minimum Gasteiger partial charge on any atom is -0.480 e. The molecule has 1 aromatic rings. The van der Waals surface area contributed by atoms with Crippen molar-refractivity contribution in [3.63, 3.8) is 0 Å². The zero-order valence-corrected chi connectivity index (χ0v) is 14.2. The highest BCUT2D eigenvalue weighted by Crippen LogP contribution is 2.32. The summed E-state index contributed by atoms with van der Waals surface area (Å²) in [6.45, 7) is 0. The van der Waals surface area contributed by atoms with E-state index in [2.05, 4.69) is 37.2 Å². The number of carboxylic acids is 1. The molecule has 0 spiro atoms. The van der Waals surface area contributed by atoms with Crippen molar-refractivity contribution >= 4 is 66.8 Å². The molecule has 1 unspecified atom stereocenters. The van der Waals surface area contributed by atoms with Crippen molar-refractivity contribution in [2.24, 2.45) is 0 Å². The van der Waals surface area contributed by atoms with E-state index in [0.717, 1.165) is 8.26 Å². The summed E-state index contributed by atoms with van der Waals surface area (Å²) in [6, 6.07) is 0.821. The third kappa shape index (κ3) is 4.56. The summed E-state index contributed by atoms with van der Waals surface area (Å²) in [7, 11) is 0. The predicted molar refractivity (Wildman–Crippen MR) is 81.6 cm³/mol. The lowest BCUT2D eigenvalue weighted by Crippen LogP contribution is -2.40. The highest BCUT2D eigenvalue weighted by molar-refractivity contribution is 9.13. The molecule has 0 bridgehead atoms. The lowest BCUT2D eigenvalue weighted by Gasteiger charge is -2.12. The molecule has 0 aliphatic heterocycles. The van der Waals surface area contributed by atoms with Crippen LogP contribution in [0.2, 0.25) is 0 Å². The second-order valence-electron chi connectivity index (χ2n) is 3.38. The average molecular weight is 417 g/mol. The van der Waals surface area contributed by atoms with E-state index in [1.807, 2.05) is 6.26 Å². The topological polar surface area (TPSA) is 66.4 Å². The van der Waals surface area contributed by atoms with Crippen LogP contribution >= 0.6 is 55.0 Å². The molecule has 8 heteroatoms. The van der Waals surface area contributed by atoms with Gasteiger partial charge in [0.2, 0.25) is 0 Å². The van der Waals surface area contributed by atoms with E-state index in [9.17, 15) is 9.59 Å². The minimum absolute atomic E-state index is 0.361. The molecule has 0 radical (unpaired) electrons. The fraction of sp³-hybridized carbons (Fsp3) is 0.400. The molecular weight excluding hydrogens is 406 g/mol. The van der Waals surface area contributed by atoms with Gasteiger partial charge in [0.15, 0.2) is 0 Å². The van der Waals surface area contributed by atoms with Crippen molar-refractivity contribution in [1.82, 2.24) is 5.32 Å². The van der Waals surface area contributed by atoms with Gasteiger partial charge in [0.05, 0.1) is 8.66 Å². The summed E-state index contributed by atoms with van der Waals surface area (Å²) in [5.74, 6) is -0.679. The highest BCUT2D eigenvalue weighted by Gasteiger charge is 2.21. The van der Waals surface area contributed by atoms with Crippen LogP contribution in [-0.4, -0.2) is 35.0 Å². The molecular formula is C10H11Br2NO3S2. The van der Waals surface area contributed by atoms with Crippen LogP contribution in [-0.2, 0) is 4.79 Å². The first-order valence-corrected chi connectivity index (χ1v) is 8.72. The van der Waals surface area contributed by atoms with Crippen LogP contribution in [0, 0.1) is 0 Å². The number of aliphatic carboxylic acids is 1. The van der Waals surface area contributed by atoms with Gasteiger partial charge in [-0.05, 0) is 56.4 Å². The number of carbonyl (C=O) groups is 2. The monoisotopic (exact) mass is 415 g/mol. The van der Waals surface area contributed by atoms with Gasteiger partial charge in [-0.3, -0.25) is 4.79 Å². The van der Waals surface area contributed by atoms with Crippen molar-refractivity contribution in [2.75, 3.05) is 12.0 Å². The van der Waals surface area contributed by atoms with Gasteiger partial charge in [0.1, 0.15) is 6.04 Å². The Bertz CT molecular complexity index is 431. The van der Waals surface area contributed by atoms with Gasteiger partial charge in [-0.1, -0.05) is 0 Å². The van der Waals surface area contributed by atoms with Gasteiger partial charge in [-0.25, -0.2) is 4.79 Å². The van der Waals surface area contributed by atoms with E-state index in [1.165, 1.54) is 11.3 Å². The molecule has 1 aromatic heterocycles. The first-order valence-electron chi connectivity index (χ1n) is 4.93. The Morgan fingerprint density at radius 3 is 2.67 bits per heavy atom. The van der Waals surface area contributed by atoms with Gasteiger partial charge in [-0.2, -0.15) is 11.8 Å². The molecule has 4 nitrogen and oxygen atoms in total. The molecule has 18 heavy (non-hydrogen) atoms. The number of nitrogens with one attached hydrogen (secondary N) is 1. The van der Waals surface area contributed by atoms with Crippen LogP contribution in [0.1, 0.15) is 16.1 Å². The summed E-state index contributed by atoms with van der Waals surface area (Å²) >= 11 is 9.39. The van der Waals surface area contributed by atoms with E-state index in [4.69, 9.17) is 5.11 Å². The van der Waals surface area contributed by atoms with Gasteiger partial charge in [0.25, 0.3) is 5.91 Å². The van der Waals surface area contributed by atoms with Crippen molar-refractivity contribution in [3.05, 3.63) is 19.2 Å². The number of rotatable bonds is 6. The molecule has 0 aliphatic carbocycles. The van der Waals surface area contributed by atoms with E-state index >= 15 is 0 Å². The van der Waals surface area contributed by atoms with Crippen molar-refractivity contribution < 1.29 is 14.7 Å². The number of thioether (sulfide) groups is 1. The number of carbonyl (C=O) groups excluding carboxylic acids is 1. The van der Waals surface area contributed by atoms with E-state index in [-0.39, 0.29) is 5.91 Å². The Morgan fingerprint density at radius 2 is 2.22 bits per heavy atom. The molecule has 0 saturated heterocycles. The fourth-order valence-corrected chi connectivity index (χ4v) is 3.59. The van der Waals surface area contributed by atoms with Crippen LogP contribution in [0.3, 0.4) is 0 Å². The second-order valence-corrected chi connectivity index (χ2v) is 7.59. The molecule has 1 rings (SSSR count). The van der Waals surface area contributed by atoms with E-state index in [0.29, 0.717) is 17.1 Å². The predicted octanol–water partition coefficient (Wildman–Crippen LogP) is 3.21. The summed E-state index contributed by atoms with van der Waals surface area (Å²) in [6.07, 6.45) is 2.31. The number of carboxylic acid groups (broad SMARTS) is 1. The quantitative estimate of drug-likeness (QED) is 0.747. The number of hydrogen-bond acceptors (Lipinski definition) is 4. The Balaban J connectivity index is 2.69. The summed E-state index contributed by atoms with van der Waals surface area (Å²) in [5, 5.41) is 11.5. The molecule has 0 aliphatic rings. The number of halogens is 2. The summed E-state index contributed by atoms with van der Waals surface area (Å²) in [4.78, 5) is 23.4. The number of amides is 1. The Labute approximate surface area is 130 Å². The van der Waals surface area contributed by atoms with Gasteiger partial charge >= 0.3 is 5.97 Å². The smallest absolute Gasteiger partial charge is 0.326 e. The van der Waals surface area contributed by atoms with Gasteiger partial charge < -0.3 is 10.4 Å². The second kappa shape index (κ2) is 7.52. The van der Waals surface area contributed by atoms with E-state index < -0.39 is 12.0 Å². The minimum atomic E-state index is -1.01. The maximum atomic E-state index is 11.9. The average Bonchev–Trinajstić information content (AvgIpc) is 2.64. The Kier molecular flexibility index (Phi) is 6.68. The maximum Gasteiger partial charge on any atom is 0.326 e. The van der Waals surface area contributed by atoms with Crippen LogP contribution in [0.25, 0.3) is 0 Å². The van der Waals surface area contributed by atoms with Crippen LogP contribution in [0.15, 0.2) is 14.3 Å². The molecule has 1 heterocycles. The number of thiophene rings is 1. The molecule has 0 saturated carbocycles. The van der Waals surface area contributed by atoms with Crippen molar-refractivity contribution in [1.29, 1.82) is 0 Å². The lowest BCUT2D eigenvalue weighted by molar-refractivity contribution is -0.139. The molecule has 1 amide bonds. The van der Waals surface area contributed by atoms with Gasteiger partial charge in [-0.15, -0.1) is 11.3 Å². The Hall–Kier alpha value is -0.0500. The fourth-order valence-electron chi connectivity index (χ4n) is 1.18. The molecule has 0 fully saturated rings. The zero-order valence-electron chi connectivity index (χ0n) is 9.41. The molecule has 1 atom stereocenters. The van der Waals surface area contributed by atoms with Crippen molar-refractivity contribution in [3.8, 4) is 0 Å². The van der Waals surface area contributed by atoms with E-state index in [1.54, 1.807) is 17.8 Å². The third-order valence-corrected chi connectivity index (χ3v) is 5.98. The molecule has 0 aromatic carbocycles. The summed E-state index contributed by atoms with van der Waals surface area (Å²) < 4.78 is 1.59. The first kappa shape index (κ1) is 16.0. The normalized spacial score (nSPS) is 12.2. The van der Waals surface area contributed by atoms with Gasteiger partial charge in [0, 0.05) is 4.47 Å². The largest absolute Gasteiger partial charge is 0.480 e. The Morgan fingerprint density at radius 1 is 1.56 bits per heavy atom.